The van der Waals surface area contributed by atoms with Gasteiger partial charge in [-0.2, -0.15) is 0 Å². The molecule has 0 atom stereocenters. The zero-order chi connectivity index (χ0) is 23.4. The molecule has 0 bridgehead atoms. The average Bonchev–Trinajstić information content (AvgIpc) is 3.28. The summed E-state index contributed by atoms with van der Waals surface area (Å²) >= 11 is 7.75. The number of aryl methyl sites for hydroxylation is 1. The highest BCUT2D eigenvalue weighted by Crippen LogP contribution is 2.36. The molecule has 33 heavy (non-hydrogen) atoms. The summed E-state index contributed by atoms with van der Waals surface area (Å²) in [6.07, 6.45) is 4.76. The van der Waals surface area contributed by atoms with Crippen LogP contribution in [0, 0.1) is 25.7 Å². The SMILES string of the molecule is CCC.Cc1c(C#Cc2cccnc2)sc2c1C(c1ccc(Cl)cc1)=NCc1nnc(C)n1-2. The van der Waals surface area contributed by atoms with Gasteiger partial charge < -0.3 is 0 Å². The summed E-state index contributed by atoms with van der Waals surface area (Å²) in [5.41, 5.74) is 4.99. The Morgan fingerprint density at radius 1 is 1.06 bits per heavy atom. The molecule has 1 aliphatic rings. The molecule has 0 amide bonds. The standard InChI is InChI=1S/C23H16ClN5S.C3H8/c1-14-19(10-5-16-4-3-11-25-12-16)30-23-21(14)22(17-6-8-18(24)9-7-17)26-13-20-28-27-15(2)29(20)23;1-3-2/h3-4,6-9,11-12H,13H2,1-2H3;3H2,1-2H3. The lowest BCUT2D eigenvalue weighted by Gasteiger charge is -2.09. The number of benzene rings is 1. The van der Waals surface area contributed by atoms with Gasteiger partial charge in [-0.05, 0) is 43.7 Å². The molecular formula is C26H24ClN5S. The van der Waals surface area contributed by atoms with Crippen LogP contribution in [0.25, 0.3) is 5.00 Å². The minimum atomic E-state index is 0.469. The van der Waals surface area contributed by atoms with Crippen LogP contribution in [-0.2, 0) is 6.54 Å². The number of fused-ring (bicyclic) bond motifs is 3. The molecule has 0 spiro atoms. The van der Waals surface area contributed by atoms with E-state index in [9.17, 15) is 0 Å². The van der Waals surface area contributed by atoms with E-state index in [0.717, 1.165) is 49.5 Å². The average molecular weight is 474 g/mol. The van der Waals surface area contributed by atoms with Gasteiger partial charge in [0.15, 0.2) is 5.82 Å². The van der Waals surface area contributed by atoms with Gasteiger partial charge in [0.25, 0.3) is 0 Å². The third-order valence-electron chi connectivity index (χ3n) is 4.94. The van der Waals surface area contributed by atoms with Crippen molar-refractivity contribution < 1.29 is 0 Å². The summed E-state index contributed by atoms with van der Waals surface area (Å²) in [5, 5.41) is 10.4. The first-order chi connectivity index (χ1) is 16.0. The Labute approximate surface area is 203 Å². The van der Waals surface area contributed by atoms with Crippen LogP contribution in [0.4, 0.5) is 0 Å². The normalized spacial score (nSPS) is 11.7. The molecule has 0 fully saturated rings. The van der Waals surface area contributed by atoms with Gasteiger partial charge in [0, 0.05) is 34.1 Å². The van der Waals surface area contributed by atoms with Crippen molar-refractivity contribution in [2.24, 2.45) is 4.99 Å². The quantitative estimate of drug-likeness (QED) is 0.311. The lowest BCUT2D eigenvalue weighted by molar-refractivity contribution is 0.869. The van der Waals surface area contributed by atoms with Crippen molar-refractivity contribution in [2.75, 3.05) is 0 Å². The minimum Gasteiger partial charge on any atom is -0.276 e. The summed E-state index contributed by atoms with van der Waals surface area (Å²) < 4.78 is 2.09. The highest BCUT2D eigenvalue weighted by Gasteiger charge is 2.27. The van der Waals surface area contributed by atoms with Gasteiger partial charge in [-0.25, -0.2) is 0 Å². The summed E-state index contributed by atoms with van der Waals surface area (Å²) in [6, 6.07) is 11.6. The van der Waals surface area contributed by atoms with E-state index in [1.807, 2.05) is 43.3 Å². The smallest absolute Gasteiger partial charge is 0.160 e. The number of pyridine rings is 1. The maximum absolute atomic E-state index is 6.11. The Morgan fingerprint density at radius 3 is 2.52 bits per heavy atom. The minimum absolute atomic E-state index is 0.469. The van der Waals surface area contributed by atoms with E-state index in [0.29, 0.717) is 11.6 Å². The zero-order valence-electron chi connectivity index (χ0n) is 19.1. The molecule has 0 N–H and O–H groups in total. The molecule has 7 heteroatoms. The Morgan fingerprint density at radius 2 is 1.82 bits per heavy atom. The predicted molar refractivity (Wildman–Crippen MR) is 136 cm³/mol. The van der Waals surface area contributed by atoms with E-state index >= 15 is 0 Å². The maximum Gasteiger partial charge on any atom is 0.160 e. The monoisotopic (exact) mass is 473 g/mol. The molecule has 5 nitrogen and oxygen atoms in total. The van der Waals surface area contributed by atoms with Crippen LogP contribution in [0.1, 0.15) is 59.0 Å². The van der Waals surface area contributed by atoms with Crippen molar-refractivity contribution in [1.29, 1.82) is 0 Å². The van der Waals surface area contributed by atoms with E-state index in [1.165, 1.54) is 6.42 Å². The number of nitrogens with zero attached hydrogens (tertiary/aromatic N) is 5. The molecule has 0 saturated carbocycles. The van der Waals surface area contributed by atoms with Crippen LogP contribution in [0.5, 0.6) is 0 Å². The first-order valence-corrected chi connectivity index (χ1v) is 12.0. The van der Waals surface area contributed by atoms with E-state index < -0.39 is 0 Å². The zero-order valence-corrected chi connectivity index (χ0v) is 20.6. The second-order valence-electron chi connectivity index (χ2n) is 7.61. The molecule has 0 radical (unpaired) electrons. The van der Waals surface area contributed by atoms with Crippen LogP contribution in [-0.4, -0.2) is 25.5 Å². The molecule has 1 aliphatic heterocycles. The molecule has 4 heterocycles. The van der Waals surface area contributed by atoms with E-state index in [4.69, 9.17) is 16.6 Å². The van der Waals surface area contributed by atoms with Crippen molar-refractivity contribution in [3.05, 3.63) is 92.6 Å². The fourth-order valence-electron chi connectivity index (χ4n) is 3.46. The van der Waals surface area contributed by atoms with Crippen molar-refractivity contribution in [3.8, 4) is 16.8 Å². The maximum atomic E-state index is 6.11. The first kappa shape index (κ1) is 22.9. The molecular weight excluding hydrogens is 450 g/mol. The molecule has 1 aromatic carbocycles. The number of aromatic nitrogens is 4. The number of aliphatic imine (C=N–C) groups is 1. The lowest BCUT2D eigenvalue weighted by atomic mass is 10.00. The highest BCUT2D eigenvalue weighted by atomic mass is 35.5. The van der Waals surface area contributed by atoms with Crippen LogP contribution in [0.3, 0.4) is 0 Å². The van der Waals surface area contributed by atoms with Crippen molar-refractivity contribution in [2.45, 2.75) is 40.7 Å². The van der Waals surface area contributed by atoms with Gasteiger partial charge in [0.2, 0.25) is 0 Å². The number of hydrogen-bond acceptors (Lipinski definition) is 5. The number of hydrogen-bond donors (Lipinski definition) is 0. The highest BCUT2D eigenvalue weighted by molar-refractivity contribution is 7.15. The van der Waals surface area contributed by atoms with Crippen LogP contribution < -0.4 is 0 Å². The molecule has 166 valence electrons. The van der Waals surface area contributed by atoms with Gasteiger partial charge in [-0.1, -0.05) is 55.8 Å². The second kappa shape index (κ2) is 10.1. The Hall–Kier alpha value is -3.27. The number of thiophene rings is 1. The van der Waals surface area contributed by atoms with Crippen LogP contribution >= 0.6 is 22.9 Å². The van der Waals surface area contributed by atoms with E-state index in [2.05, 4.69) is 52.4 Å². The fraction of sp³-hybridized carbons (Fsp3) is 0.231. The third kappa shape index (κ3) is 4.75. The van der Waals surface area contributed by atoms with Crippen LogP contribution in [0.15, 0.2) is 53.8 Å². The topological polar surface area (TPSA) is 56.0 Å². The molecule has 0 saturated heterocycles. The summed E-state index contributed by atoms with van der Waals surface area (Å²) in [4.78, 5) is 10.0. The van der Waals surface area contributed by atoms with Gasteiger partial charge in [0.05, 0.1) is 10.6 Å². The van der Waals surface area contributed by atoms with Crippen LogP contribution in [0.2, 0.25) is 5.02 Å². The number of halogens is 1. The fourth-order valence-corrected chi connectivity index (χ4v) is 4.82. The largest absolute Gasteiger partial charge is 0.276 e. The van der Waals surface area contributed by atoms with Crippen molar-refractivity contribution in [3.63, 3.8) is 0 Å². The predicted octanol–water partition coefficient (Wildman–Crippen LogP) is 6.16. The van der Waals surface area contributed by atoms with Crippen molar-refractivity contribution in [1.82, 2.24) is 19.7 Å². The van der Waals surface area contributed by atoms with Gasteiger partial charge in [-0.15, -0.1) is 21.5 Å². The molecule has 5 rings (SSSR count). The Bertz CT molecular complexity index is 1360. The van der Waals surface area contributed by atoms with E-state index in [-0.39, 0.29) is 0 Å². The first-order valence-electron chi connectivity index (χ1n) is 10.8. The molecule has 4 aromatic rings. The van der Waals surface area contributed by atoms with Gasteiger partial charge in [-0.3, -0.25) is 14.5 Å². The Kier molecular flexibility index (Phi) is 7.02. The summed E-state index contributed by atoms with van der Waals surface area (Å²) in [7, 11) is 0. The molecule has 0 unspecified atom stereocenters. The second-order valence-corrected chi connectivity index (χ2v) is 9.04. The molecule has 0 aliphatic carbocycles. The summed E-state index contributed by atoms with van der Waals surface area (Å²) in [6.45, 7) is 8.78. The van der Waals surface area contributed by atoms with E-state index in [1.54, 1.807) is 23.7 Å². The van der Waals surface area contributed by atoms with Gasteiger partial charge in [0.1, 0.15) is 17.4 Å². The number of rotatable bonds is 1. The van der Waals surface area contributed by atoms with Crippen molar-refractivity contribution >= 4 is 28.6 Å². The van der Waals surface area contributed by atoms with Gasteiger partial charge >= 0.3 is 0 Å². The summed E-state index contributed by atoms with van der Waals surface area (Å²) in [5.74, 6) is 8.21. The Balaban J connectivity index is 0.000000821. The molecule has 3 aromatic heterocycles. The third-order valence-corrected chi connectivity index (χ3v) is 6.38. The lowest BCUT2D eigenvalue weighted by Crippen LogP contribution is -2.07.